The fourth-order valence-corrected chi connectivity index (χ4v) is 7.02. The maximum atomic E-state index is 12.8. The van der Waals surface area contributed by atoms with Crippen LogP contribution in [-0.4, -0.2) is 37.2 Å². The smallest absolute Gasteiger partial charge is 0.306 e. The number of esters is 3. The zero-order chi connectivity index (χ0) is 50.7. The van der Waals surface area contributed by atoms with Gasteiger partial charge in [0.2, 0.25) is 0 Å². The predicted molar refractivity (Wildman–Crippen MR) is 302 cm³/mol. The minimum atomic E-state index is -0.854. The number of rotatable bonds is 48. The van der Waals surface area contributed by atoms with Gasteiger partial charge in [-0.1, -0.05) is 250 Å². The third kappa shape index (κ3) is 54.2. The van der Waals surface area contributed by atoms with Crippen molar-refractivity contribution in [2.45, 2.75) is 226 Å². The highest BCUT2D eigenvalue weighted by Crippen LogP contribution is 2.14. The minimum absolute atomic E-state index is 0.135. The largest absolute Gasteiger partial charge is 0.462 e. The fourth-order valence-electron chi connectivity index (χ4n) is 7.02. The second-order valence-electron chi connectivity index (χ2n) is 17.7. The van der Waals surface area contributed by atoms with Crippen molar-refractivity contribution in [3.05, 3.63) is 146 Å². The Morgan fingerprint density at radius 3 is 0.871 bits per heavy atom. The Labute approximate surface area is 429 Å². The van der Waals surface area contributed by atoms with Crippen molar-refractivity contribution in [3.8, 4) is 0 Å². The van der Waals surface area contributed by atoms with E-state index in [2.05, 4.69) is 142 Å². The average Bonchev–Trinajstić information content (AvgIpc) is 3.36. The topological polar surface area (TPSA) is 78.9 Å². The van der Waals surface area contributed by atoms with Crippen LogP contribution in [0.1, 0.15) is 220 Å². The Kier molecular flexibility index (Phi) is 53.0. The van der Waals surface area contributed by atoms with Crippen LogP contribution in [0.4, 0.5) is 0 Å². The molecule has 0 bridgehead atoms. The summed E-state index contributed by atoms with van der Waals surface area (Å²) in [6.07, 6.45) is 81.4. The Hall–Kier alpha value is -4.71. The third-order valence-electron chi connectivity index (χ3n) is 11.1. The van der Waals surface area contributed by atoms with Crippen molar-refractivity contribution in [3.63, 3.8) is 0 Å². The second-order valence-corrected chi connectivity index (χ2v) is 17.7. The Bertz CT molecular complexity index is 1580. The molecule has 0 aliphatic rings. The molecule has 0 aliphatic carbocycles. The van der Waals surface area contributed by atoms with Crippen molar-refractivity contribution >= 4 is 17.9 Å². The summed E-state index contributed by atoms with van der Waals surface area (Å²) >= 11 is 0. The molecule has 0 aromatic rings. The van der Waals surface area contributed by atoms with Crippen LogP contribution in [0.5, 0.6) is 0 Å². The molecule has 392 valence electrons. The first-order chi connectivity index (χ1) is 34.5. The van der Waals surface area contributed by atoms with E-state index in [0.717, 1.165) is 96.3 Å². The molecule has 0 saturated carbocycles. The molecule has 0 fully saturated rings. The molecule has 0 rings (SSSR count). The lowest BCUT2D eigenvalue weighted by molar-refractivity contribution is -0.166. The molecule has 0 heterocycles. The van der Waals surface area contributed by atoms with Gasteiger partial charge >= 0.3 is 17.9 Å². The molecule has 0 spiro atoms. The highest BCUT2D eigenvalue weighted by Gasteiger charge is 2.19. The van der Waals surface area contributed by atoms with E-state index >= 15 is 0 Å². The molecule has 0 amide bonds. The monoisotopic (exact) mass is 965 g/mol. The summed E-state index contributed by atoms with van der Waals surface area (Å²) in [4.78, 5) is 38.1. The number of carbonyl (C=O) groups is 3. The Morgan fingerprint density at radius 1 is 0.300 bits per heavy atom. The maximum Gasteiger partial charge on any atom is 0.306 e. The average molecular weight is 965 g/mol. The van der Waals surface area contributed by atoms with Gasteiger partial charge in [-0.25, -0.2) is 0 Å². The van der Waals surface area contributed by atoms with E-state index in [1.165, 1.54) is 70.6 Å². The maximum absolute atomic E-state index is 12.8. The van der Waals surface area contributed by atoms with Gasteiger partial charge in [-0.05, 0) is 96.3 Å². The highest BCUT2D eigenvalue weighted by molar-refractivity contribution is 5.71. The van der Waals surface area contributed by atoms with E-state index in [1.807, 2.05) is 24.3 Å². The summed E-state index contributed by atoms with van der Waals surface area (Å²) in [6, 6.07) is 0. The molecule has 0 aromatic heterocycles. The van der Waals surface area contributed by atoms with Gasteiger partial charge in [0, 0.05) is 19.3 Å². The van der Waals surface area contributed by atoms with E-state index in [4.69, 9.17) is 14.2 Å². The standard InChI is InChI=1S/C64H100O6/c1-4-7-10-13-16-19-22-25-28-30-32-34-36-39-42-45-48-51-54-57-63(66)69-60-61(59-68-62(65)56-53-50-47-44-41-38-27-24-21-18-15-12-9-6-3)70-64(67)58-55-52-49-46-43-40-37-35-33-31-29-26-23-20-17-14-11-8-5-2/h7-8,10-11,16-17,19-20,25-26,28-29,32-35,39-40,42-43,48-49,51-52,61H,4-6,9,12-15,18,21-24,27,30-31,36-38,41,44-47,50,53-60H2,1-3H3/b10-7-,11-8-,19-16-,20-17-,28-25-,29-26-,34-32-,35-33-,42-39-,43-40-,51-48-,52-49-/t61-/m1/s1. The van der Waals surface area contributed by atoms with Gasteiger partial charge in [-0.15, -0.1) is 0 Å². The summed E-state index contributed by atoms with van der Waals surface area (Å²) in [5, 5.41) is 0. The number of ether oxygens (including phenoxy) is 3. The van der Waals surface area contributed by atoms with Crippen molar-refractivity contribution < 1.29 is 28.6 Å². The van der Waals surface area contributed by atoms with E-state index in [-0.39, 0.29) is 38.0 Å². The van der Waals surface area contributed by atoms with E-state index < -0.39 is 12.1 Å². The molecule has 0 aromatic carbocycles. The van der Waals surface area contributed by atoms with Crippen molar-refractivity contribution in [1.29, 1.82) is 0 Å². The van der Waals surface area contributed by atoms with Crippen molar-refractivity contribution in [2.24, 2.45) is 0 Å². The fraction of sp³-hybridized carbons (Fsp3) is 0.578. The lowest BCUT2D eigenvalue weighted by atomic mass is 10.0. The predicted octanol–water partition coefficient (Wildman–Crippen LogP) is 18.8. The Morgan fingerprint density at radius 2 is 0.557 bits per heavy atom. The zero-order valence-electron chi connectivity index (χ0n) is 44.7. The molecule has 0 saturated heterocycles. The van der Waals surface area contributed by atoms with Crippen LogP contribution >= 0.6 is 0 Å². The van der Waals surface area contributed by atoms with Gasteiger partial charge in [0.05, 0.1) is 0 Å². The van der Waals surface area contributed by atoms with E-state index in [0.29, 0.717) is 19.3 Å². The molecule has 1 atom stereocenters. The molecule has 0 radical (unpaired) electrons. The third-order valence-corrected chi connectivity index (χ3v) is 11.1. The summed E-state index contributed by atoms with van der Waals surface area (Å²) in [5.74, 6) is -1.11. The van der Waals surface area contributed by atoms with Gasteiger partial charge in [0.15, 0.2) is 6.10 Å². The SMILES string of the molecule is CC/C=C\C/C=C\C/C=C\C/C=C\C/C=C\C/C=C\CCC(=O)OC[C@@H](COC(=O)CCCCCCCCCCCCCCCC)OC(=O)CC/C=C\C/C=C\C/C=C\C/C=C\C/C=C\C/C=C\CC. The van der Waals surface area contributed by atoms with E-state index in [1.54, 1.807) is 0 Å². The number of hydrogen-bond donors (Lipinski definition) is 0. The van der Waals surface area contributed by atoms with Gasteiger partial charge in [-0.2, -0.15) is 0 Å². The quantitative estimate of drug-likeness (QED) is 0.0262. The molecular weight excluding hydrogens is 865 g/mol. The molecule has 0 aliphatic heterocycles. The number of allylic oxidation sites excluding steroid dienone is 24. The molecule has 70 heavy (non-hydrogen) atoms. The highest BCUT2D eigenvalue weighted by atomic mass is 16.6. The van der Waals surface area contributed by atoms with Gasteiger partial charge in [0.1, 0.15) is 13.2 Å². The molecule has 6 heteroatoms. The summed E-state index contributed by atoms with van der Waals surface area (Å²) in [7, 11) is 0. The van der Waals surface area contributed by atoms with Crippen molar-refractivity contribution in [2.75, 3.05) is 13.2 Å². The number of unbranched alkanes of at least 4 members (excludes halogenated alkanes) is 13. The summed E-state index contributed by atoms with van der Waals surface area (Å²) < 4.78 is 16.7. The molecule has 0 N–H and O–H groups in total. The van der Waals surface area contributed by atoms with Gasteiger partial charge in [-0.3, -0.25) is 14.4 Å². The normalized spacial score (nSPS) is 13.2. The lowest BCUT2D eigenvalue weighted by Crippen LogP contribution is -2.30. The van der Waals surface area contributed by atoms with Crippen LogP contribution in [0.25, 0.3) is 0 Å². The van der Waals surface area contributed by atoms with Crippen LogP contribution in [0, 0.1) is 0 Å². The van der Waals surface area contributed by atoms with E-state index in [9.17, 15) is 14.4 Å². The van der Waals surface area contributed by atoms with Gasteiger partial charge < -0.3 is 14.2 Å². The first-order valence-electron chi connectivity index (χ1n) is 27.8. The van der Waals surface area contributed by atoms with Crippen molar-refractivity contribution in [1.82, 2.24) is 0 Å². The Balaban J connectivity index is 4.64. The second kappa shape index (κ2) is 56.9. The lowest BCUT2D eigenvalue weighted by Gasteiger charge is -2.18. The number of hydrogen-bond acceptors (Lipinski definition) is 6. The molecule has 0 unspecified atom stereocenters. The van der Waals surface area contributed by atoms with Crippen LogP contribution in [0.15, 0.2) is 146 Å². The van der Waals surface area contributed by atoms with Crippen LogP contribution in [0.2, 0.25) is 0 Å². The summed E-state index contributed by atoms with van der Waals surface area (Å²) in [6.45, 7) is 6.27. The van der Waals surface area contributed by atoms with Crippen LogP contribution in [0.3, 0.4) is 0 Å². The zero-order valence-corrected chi connectivity index (χ0v) is 44.7. The summed E-state index contributed by atoms with van der Waals surface area (Å²) in [5.41, 5.74) is 0. The van der Waals surface area contributed by atoms with Crippen LogP contribution in [-0.2, 0) is 28.6 Å². The molecular formula is C64H100O6. The first kappa shape index (κ1) is 65.3. The van der Waals surface area contributed by atoms with Crippen LogP contribution < -0.4 is 0 Å². The minimum Gasteiger partial charge on any atom is -0.462 e. The number of carbonyl (C=O) groups excluding carboxylic acids is 3. The molecule has 6 nitrogen and oxygen atoms in total. The first-order valence-corrected chi connectivity index (χ1v) is 27.8. The van der Waals surface area contributed by atoms with Gasteiger partial charge in [0.25, 0.3) is 0 Å².